The number of amides is 1. The highest BCUT2D eigenvalue weighted by Gasteiger charge is 2.20. The molecular weight excluding hydrogens is 332 g/mol. The molecule has 6 heteroatoms. The number of para-hydroxylation sites is 1. The first-order valence-corrected chi connectivity index (χ1v) is 8.07. The fourth-order valence-corrected chi connectivity index (χ4v) is 2.42. The van der Waals surface area contributed by atoms with Crippen LogP contribution < -0.4 is 10.1 Å². The number of anilines is 1. The molecule has 0 aliphatic rings. The lowest BCUT2D eigenvalue weighted by atomic mass is 10.1. The Morgan fingerprint density at radius 1 is 1.23 bits per heavy atom. The van der Waals surface area contributed by atoms with Gasteiger partial charge in [-0.15, -0.1) is 0 Å². The van der Waals surface area contributed by atoms with E-state index in [0.717, 1.165) is 5.56 Å². The fourth-order valence-electron chi connectivity index (χ4n) is 2.42. The molecular formula is C20H20N2O4. The van der Waals surface area contributed by atoms with Crippen molar-refractivity contribution >= 4 is 17.6 Å². The molecule has 1 atom stereocenters. The lowest BCUT2D eigenvalue weighted by molar-refractivity contribution is -0.152. The van der Waals surface area contributed by atoms with E-state index >= 15 is 0 Å². The summed E-state index contributed by atoms with van der Waals surface area (Å²) in [6.45, 7) is 3.40. The van der Waals surface area contributed by atoms with Crippen molar-refractivity contribution in [3.05, 3.63) is 59.2 Å². The van der Waals surface area contributed by atoms with Gasteiger partial charge in [0.25, 0.3) is 5.91 Å². The number of carbonyl (C=O) groups is 2. The largest absolute Gasteiger partial charge is 0.496 e. The smallest absolute Gasteiger partial charge is 0.311 e. The quantitative estimate of drug-likeness (QED) is 0.808. The first kappa shape index (κ1) is 19.0. The van der Waals surface area contributed by atoms with Crippen molar-refractivity contribution in [3.63, 3.8) is 0 Å². The van der Waals surface area contributed by atoms with Gasteiger partial charge in [-0.3, -0.25) is 9.59 Å². The van der Waals surface area contributed by atoms with E-state index in [1.165, 1.54) is 14.0 Å². The highest BCUT2D eigenvalue weighted by molar-refractivity contribution is 5.96. The molecule has 2 rings (SSSR count). The van der Waals surface area contributed by atoms with E-state index in [9.17, 15) is 9.59 Å². The van der Waals surface area contributed by atoms with Gasteiger partial charge in [-0.2, -0.15) is 5.26 Å². The Morgan fingerprint density at radius 3 is 2.65 bits per heavy atom. The molecule has 26 heavy (non-hydrogen) atoms. The lowest BCUT2D eigenvalue weighted by Crippen LogP contribution is -2.30. The zero-order valence-electron chi connectivity index (χ0n) is 14.9. The van der Waals surface area contributed by atoms with Crippen LogP contribution in [0, 0.1) is 18.3 Å². The summed E-state index contributed by atoms with van der Waals surface area (Å²) in [7, 11) is 1.53. The van der Waals surface area contributed by atoms with Gasteiger partial charge in [-0.1, -0.05) is 29.8 Å². The average molecular weight is 352 g/mol. The molecule has 0 aliphatic carbocycles. The standard InChI is InChI=1S/C20H20N2O4/c1-13-8-9-18(25-3)16(10-13)11-19(23)26-14(2)20(24)22-17-7-5-4-6-15(17)12-21/h4-10,14H,11H2,1-3H3,(H,22,24)/t14-/m1/s1. The number of aryl methyl sites for hydroxylation is 1. The molecule has 0 saturated heterocycles. The fraction of sp³-hybridized carbons (Fsp3) is 0.250. The maximum absolute atomic E-state index is 12.2. The average Bonchev–Trinajstić information content (AvgIpc) is 2.62. The molecule has 0 radical (unpaired) electrons. The molecule has 134 valence electrons. The third kappa shape index (κ3) is 4.84. The van der Waals surface area contributed by atoms with Crippen LogP contribution in [0.3, 0.4) is 0 Å². The van der Waals surface area contributed by atoms with Gasteiger partial charge in [0.15, 0.2) is 6.10 Å². The number of rotatable bonds is 6. The number of methoxy groups -OCH3 is 1. The maximum Gasteiger partial charge on any atom is 0.311 e. The monoisotopic (exact) mass is 352 g/mol. The van der Waals surface area contributed by atoms with E-state index in [4.69, 9.17) is 14.7 Å². The Morgan fingerprint density at radius 2 is 1.96 bits per heavy atom. The SMILES string of the molecule is COc1ccc(C)cc1CC(=O)O[C@H](C)C(=O)Nc1ccccc1C#N. The predicted molar refractivity (Wildman–Crippen MR) is 96.8 cm³/mol. The second-order valence-corrected chi connectivity index (χ2v) is 5.77. The third-order valence-corrected chi connectivity index (χ3v) is 3.75. The Kier molecular flexibility index (Phi) is 6.34. The molecule has 0 bridgehead atoms. The molecule has 2 aromatic rings. The number of esters is 1. The molecule has 0 aliphatic heterocycles. The van der Waals surface area contributed by atoms with E-state index in [2.05, 4.69) is 5.32 Å². The molecule has 0 spiro atoms. The Bertz CT molecular complexity index is 855. The normalized spacial score (nSPS) is 11.2. The zero-order valence-corrected chi connectivity index (χ0v) is 14.9. The third-order valence-electron chi connectivity index (χ3n) is 3.75. The van der Waals surface area contributed by atoms with Gasteiger partial charge < -0.3 is 14.8 Å². The van der Waals surface area contributed by atoms with E-state index in [1.54, 1.807) is 30.3 Å². The number of nitrogens with one attached hydrogen (secondary N) is 1. The molecule has 1 N–H and O–H groups in total. The van der Waals surface area contributed by atoms with Crippen LogP contribution in [0.2, 0.25) is 0 Å². The molecule has 0 unspecified atom stereocenters. The summed E-state index contributed by atoms with van der Waals surface area (Å²) in [6.07, 6.45) is -0.998. The van der Waals surface area contributed by atoms with Crippen LogP contribution >= 0.6 is 0 Å². The number of benzene rings is 2. The van der Waals surface area contributed by atoms with Gasteiger partial charge in [-0.25, -0.2) is 0 Å². The number of hydrogen-bond donors (Lipinski definition) is 1. The van der Waals surface area contributed by atoms with E-state index in [-0.39, 0.29) is 6.42 Å². The van der Waals surface area contributed by atoms with Crippen LogP contribution in [0.4, 0.5) is 5.69 Å². The molecule has 0 saturated carbocycles. The summed E-state index contributed by atoms with van der Waals surface area (Å²) in [5.74, 6) is -0.449. The van der Waals surface area contributed by atoms with Crippen LogP contribution in [0.15, 0.2) is 42.5 Å². The minimum absolute atomic E-state index is 0.00272. The van der Waals surface area contributed by atoms with Crippen molar-refractivity contribution in [1.82, 2.24) is 0 Å². The van der Waals surface area contributed by atoms with E-state index < -0.39 is 18.0 Å². The zero-order chi connectivity index (χ0) is 19.1. The Balaban J connectivity index is 1.99. The van der Waals surface area contributed by atoms with E-state index in [1.807, 2.05) is 25.1 Å². The van der Waals surface area contributed by atoms with Crippen molar-refractivity contribution in [3.8, 4) is 11.8 Å². The number of ether oxygens (including phenoxy) is 2. The van der Waals surface area contributed by atoms with E-state index in [0.29, 0.717) is 22.6 Å². The molecule has 1 amide bonds. The van der Waals surface area contributed by atoms with Gasteiger partial charge in [0.05, 0.1) is 24.8 Å². The second-order valence-electron chi connectivity index (χ2n) is 5.77. The molecule has 0 aromatic heterocycles. The highest BCUT2D eigenvalue weighted by Crippen LogP contribution is 2.21. The van der Waals surface area contributed by atoms with Gasteiger partial charge >= 0.3 is 5.97 Å². The molecule has 2 aromatic carbocycles. The molecule has 6 nitrogen and oxygen atoms in total. The lowest BCUT2D eigenvalue weighted by Gasteiger charge is -2.15. The van der Waals surface area contributed by atoms with Gasteiger partial charge in [0, 0.05) is 5.56 Å². The number of hydrogen-bond acceptors (Lipinski definition) is 5. The van der Waals surface area contributed by atoms with Crippen LogP contribution in [0.5, 0.6) is 5.75 Å². The highest BCUT2D eigenvalue weighted by atomic mass is 16.5. The number of carbonyl (C=O) groups excluding carboxylic acids is 2. The molecule has 0 heterocycles. The van der Waals surface area contributed by atoms with Crippen molar-refractivity contribution in [2.24, 2.45) is 0 Å². The van der Waals surface area contributed by atoms with Gasteiger partial charge in [-0.05, 0) is 32.0 Å². The van der Waals surface area contributed by atoms with Crippen molar-refractivity contribution < 1.29 is 19.1 Å². The summed E-state index contributed by atoms with van der Waals surface area (Å²) in [6, 6.07) is 14.1. The van der Waals surface area contributed by atoms with Gasteiger partial charge in [0.1, 0.15) is 11.8 Å². The Labute approximate surface area is 152 Å². The minimum atomic E-state index is -0.995. The number of nitriles is 1. The van der Waals surface area contributed by atoms with Crippen molar-refractivity contribution in [2.45, 2.75) is 26.4 Å². The summed E-state index contributed by atoms with van der Waals surface area (Å²) in [5.41, 5.74) is 2.40. The summed E-state index contributed by atoms with van der Waals surface area (Å²) >= 11 is 0. The minimum Gasteiger partial charge on any atom is -0.496 e. The first-order chi connectivity index (χ1) is 12.4. The second kappa shape index (κ2) is 8.67. The van der Waals surface area contributed by atoms with Gasteiger partial charge in [0.2, 0.25) is 0 Å². The summed E-state index contributed by atoms with van der Waals surface area (Å²) in [5, 5.41) is 11.7. The maximum atomic E-state index is 12.2. The summed E-state index contributed by atoms with van der Waals surface area (Å²) < 4.78 is 10.5. The Hall–Kier alpha value is -3.33. The predicted octanol–water partition coefficient (Wildman–Crippen LogP) is 2.99. The first-order valence-electron chi connectivity index (χ1n) is 8.07. The van der Waals surface area contributed by atoms with Crippen molar-refractivity contribution in [2.75, 3.05) is 12.4 Å². The topological polar surface area (TPSA) is 88.4 Å². The van der Waals surface area contributed by atoms with Crippen LogP contribution in [-0.2, 0) is 20.7 Å². The summed E-state index contributed by atoms with van der Waals surface area (Å²) in [4.78, 5) is 24.4. The molecule has 0 fully saturated rings. The van der Waals surface area contributed by atoms with Crippen LogP contribution in [0.1, 0.15) is 23.6 Å². The van der Waals surface area contributed by atoms with Crippen LogP contribution in [-0.4, -0.2) is 25.1 Å². The number of nitrogens with zero attached hydrogens (tertiary/aromatic N) is 1. The van der Waals surface area contributed by atoms with Crippen LogP contribution in [0.25, 0.3) is 0 Å². The van der Waals surface area contributed by atoms with Crippen molar-refractivity contribution in [1.29, 1.82) is 5.26 Å².